The molecule has 2 N–H and O–H groups in total. The van der Waals surface area contributed by atoms with Crippen molar-refractivity contribution in [3.05, 3.63) is 59.7 Å². The molecule has 0 aliphatic carbocycles. The zero-order chi connectivity index (χ0) is 21.8. The molecule has 0 heterocycles. The van der Waals surface area contributed by atoms with Crippen LogP contribution in [0.15, 0.2) is 58.4 Å². The Morgan fingerprint density at radius 3 is 1.90 bits per heavy atom. The fraction of sp³-hybridized carbons (Fsp3) is 0.435. The SMILES string of the molecule is CCCCOc1ccc(CCNC(=NC)NCCc2ccc(S(C)(=O)=O)cc2)cc1.I. The number of nitrogens with zero attached hydrogens (tertiary/aromatic N) is 1. The molecule has 0 spiro atoms. The van der Waals surface area contributed by atoms with Crippen molar-refractivity contribution in [3.63, 3.8) is 0 Å². The Labute approximate surface area is 203 Å². The van der Waals surface area contributed by atoms with Gasteiger partial charge in [0, 0.05) is 26.4 Å². The van der Waals surface area contributed by atoms with E-state index in [-0.39, 0.29) is 24.0 Å². The zero-order valence-electron chi connectivity index (χ0n) is 18.6. The highest BCUT2D eigenvalue weighted by Crippen LogP contribution is 2.13. The van der Waals surface area contributed by atoms with Crippen LogP contribution in [-0.2, 0) is 22.7 Å². The molecule has 0 saturated heterocycles. The van der Waals surface area contributed by atoms with Gasteiger partial charge in [0.05, 0.1) is 11.5 Å². The van der Waals surface area contributed by atoms with Crippen LogP contribution in [0.5, 0.6) is 5.75 Å². The highest BCUT2D eigenvalue weighted by Gasteiger charge is 2.06. The van der Waals surface area contributed by atoms with Crippen molar-refractivity contribution < 1.29 is 13.2 Å². The molecule has 2 aromatic rings. The van der Waals surface area contributed by atoms with Gasteiger partial charge in [0.2, 0.25) is 0 Å². The summed E-state index contributed by atoms with van der Waals surface area (Å²) < 4.78 is 28.7. The predicted molar refractivity (Wildman–Crippen MR) is 139 cm³/mol. The molecule has 172 valence electrons. The van der Waals surface area contributed by atoms with Crippen molar-refractivity contribution >= 4 is 39.8 Å². The molecular weight excluding hydrogens is 525 g/mol. The first-order valence-electron chi connectivity index (χ1n) is 10.4. The largest absolute Gasteiger partial charge is 0.494 e. The Balaban J connectivity index is 0.00000480. The Morgan fingerprint density at radius 2 is 1.45 bits per heavy atom. The van der Waals surface area contributed by atoms with Crippen molar-refractivity contribution in [2.45, 2.75) is 37.5 Å². The molecule has 0 amide bonds. The van der Waals surface area contributed by atoms with Gasteiger partial charge in [0.1, 0.15) is 5.75 Å². The van der Waals surface area contributed by atoms with Gasteiger partial charge in [0.15, 0.2) is 15.8 Å². The summed E-state index contributed by atoms with van der Waals surface area (Å²) in [6.45, 7) is 4.40. The lowest BCUT2D eigenvalue weighted by Gasteiger charge is -2.12. The van der Waals surface area contributed by atoms with Crippen LogP contribution >= 0.6 is 24.0 Å². The van der Waals surface area contributed by atoms with Crippen LogP contribution in [0.4, 0.5) is 0 Å². The van der Waals surface area contributed by atoms with E-state index in [1.165, 1.54) is 11.8 Å². The fourth-order valence-corrected chi connectivity index (χ4v) is 3.49. The lowest BCUT2D eigenvalue weighted by Crippen LogP contribution is -2.39. The maximum Gasteiger partial charge on any atom is 0.190 e. The van der Waals surface area contributed by atoms with Gasteiger partial charge in [-0.3, -0.25) is 4.99 Å². The third-order valence-corrected chi connectivity index (χ3v) is 5.81. The molecule has 0 unspecified atom stereocenters. The Morgan fingerprint density at radius 1 is 0.935 bits per heavy atom. The molecule has 0 bridgehead atoms. The summed E-state index contributed by atoms with van der Waals surface area (Å²) >= 11 is 0. The predicted octanol–water partition coefficient (Wildman–Crippen LogP) is 3.84. The smallest absolute Gasteiger partial charge is 0.190 e. The highest BCUT2D eigenvalue weighted by atomic mass is 127. The number of rotatable bonds is 11. The minimum Gasteiger partial charge on any atom is -0.494 e. The van der Waals surface area contributed by atoms with E-state index in [4.69, 9.17) is 4.74 Å². The average Bonchev–Trinajstić information content (AvgIpc) is 2.73. The summed E-state index contributed by atoms with van der Waals surface area (Å²) in [7, 11) is -1.40. The maximum absolute atomic E-state index is 11.5. The Bertz CT molecular complexity index is 899. The topological polar surface area (TPSA) is 79.8 Å². The van der Waals surface area contributed by atoms with Gasteiger partial charge in [-0.1, -0.05) is 37.6 Å². The maximum atomic E-state index is 11.5. The van der Waals surface area contributed by atoms with Gasteiger partial charge < -0.3 is 15.4 Å². The number of hydrogen-bond acceptors (Lipinski definition) is 4. The van der Waals surface area contributed by atoms with Crippen molar-refractivity contribution in [3.8, 4) is 5.75 Å². The summed E-state index contributed by atoms with van der Waals surface area (Å²) in [5.41, 5.74) is 2.32. The third kappa shape index (κ3) is 10.4. The van der Waals surface area contributed by atoms with Gasteiger partial charge in [-0.05, 0) is 54.7 Å². The van der Waals surface area contributed by atoms with Gasteiger partial charge in [-0.15, -0.1) is 24.0 Å². The van der Waals surface area contributed by atoms with E-state index in [2.05, 4.69) is 34.7 Å². The van der Waals surface area contributed by atoms with E-state index in [1.54, 1.807) is 19.2 Å². The number of ether oxygens (including phenoxy) is 1. The van der Waals surface area contributed by atoms with Crippen LogP contribution in [0.1, 0.15) is 30.9 Å². The molecule has 0 fully saturated rings. The molecule has 0 radical (unpaired) electrons. The summed E-state index contributed by atoms with van der Waals surface area (Å²) in [5, 5.41) is 6.61. The molecule has 2 aromatic carbocycles. The fourth-order valence-electron chi connectivity index (χ4n) is 2.86. The minimum atomic E-state index is -3.15. The average molecular weight is 560 g/mol. The van der Waals surface area contributed by atoms with Crippen LogP contribution in [-0.4, -0.2) is 47.4 Å². The van der Waals surface area contributed by atoms with Crippen LogP contribution in [0.25, 0.3) is 0 Å². The van der Waals surface area contributed by atoms with E-state index in [9.17, 15) is 8.42 Å². The monoisotopic (exact) mass is 559 g/mol. The van der Waals surface area contributed by atoms with E-state index >= 15 is 0 Å². The number of benzene rings is 2. The van der Waals surface area contributed by atoms with Crippen molar-refractivity contribution in [1.82, 2.24) is 10.6 Å². The number of unbranched alkanes of at least 4 members (excludes halogenated alkanes) is 1. The van der Waals surface area contributed by atoms with Crippen molar-refractivity contribution in [2.75, 3.05) is 33.0 Å². The Kier molecular flexibility index (Phi) is 12.5. The second-order valence-corrected chi connectivity index (χ2v) is 9.20. The number of guanidine groups is 1. The van der Waals surface area contributed by atoms with Crippen molar-refractivity contribution in [2.24, 2.45) is 4.99 Å². The zero-order valence-corrected chi connectivity index (χ0v) is 21.7. The quantitative estimate of drug-likeness (QED) is 0.189. The minimum absolute atomic E-state index is 0. The number of hydrogen-bond donors (Lipinski definition) is 2. The molecule has 2 rings (SSSR count). The van der Waals surface area contributed by atoms with E-state index in [0.717, 1.165) is 56.1 Å². The lowest BCUT2D eigenvalue weighted by molar-refractivity contribution is 0.309. The standard InChI is InChI=1S/C23H33N3O3S.HI/c1-4-5-18-29-21-10-6-19(7-11-21)14-16-25-23(24-2)26-17-15-20-8-12-22(13-9-20)30(3,27)28;/h6-13H,4-5,14-18H2,1-3H3,(H2,24,25,26);1H. The summed E-state index contributed by atoms with van der Waals surface area (Å²) in [4.78, 5) is 4.59. The summed E-state index contributed by atoms with van der Waals surface area (Å²) in [6, 6.07) is 15.2. The first-order valence-corrected chi connectivity index (χ1v) is 12.3. The molecule has 0 aliphatic heterocycles. The number of halogens is 1. The van der Waals surface area contributed by atoms with Crippen LogP contribution in [0, 0.1) is 0 Å². The second kappa shape index (κ2) is 14.3. The summed E-state index contributed by atoms with van der Waals surface area (Å²) in [5.74, 6) is 1.67. The van der Waals surface area contributed by atoms with Crippen LogP contribution < -0.4 is 15.4 Å². The number of nitrogens with one attached hydrogen (secondary N) is 2. The molecule has 0 atom stereocenters. The first-order chi connectivity index (χ1) is 14.4. The summed E-state index contributed by atoms with van der Waals surface area (Å²) in [6.07, 6.45) is 5.10. The molecular formula is C23H34IN3O3S. The van der Waals surface area contributed by atoms with Gasteiger partial charge in [0.25, 0.3) is 0 Å². The molecule has 6 nitrogen and oxygen atoms in total. The third-order valence-electron chi connectivity index (χ3n) is 4.68. The van der Waals surface area contributed by atoms with E-state index < -0.39 is 9.84 Å². The Hall–Kier alpha value is -1.81. The molecule has 0 saturated carbocycles. The molecule has 0 aromatic heterocycles. The van der Waals surface area contributed by atoms with E-state index in [0.29, 0.717) is 11.4 Å². The van der Waals surface area contributed by atoms with Gasteiger partial charge in [-0.2, -0.15) is 0 Å². The lowest BCUT2D eigenvalue weighted by atomic mass is 10.1. The number of aliphatic imine (C=N–C) groups is 1. The first kappa shape index (κ1) is 27.2. The molecule has 31 heavy (non-hydrogen) atoms. The van der Waals surface area contributed by atoms with Crippen LogP contribution in [0.2, 0.25) is 0 Å². The van der Waals surface area contributed by atoms with Crippen LogP contribution in [0.3, 0.4) is 0 Å². The second-order valence-electron chi connectivity index (χ2n) is 7.19. The molecule has 0 aliphatic rings. The number of sulfone groups is 1. The highest BCUT2D eigenvalue weighted by molar-refractivity contribution is 14.0. The van der Waals surface area contributed by atoms with E-state index in [1.807, 2.05) is 24.3 Å². The van der Waals surface area contributed by atoms with Crippen molar-refractivity contribution in [1.29, 1.82) is 0 Å². The van der Waals surface area contributed by atoms with Gasteiger partial charge >= 0.3 is 0 Å². The molecule has 8 heteroatoms. The normalized spacial score (nSPS) is 11.5. The van der Waals surface area contributed by atoms with Gasteiger partial charge in [-0.25, -0.2) is 8.42 Å².